The molecule has 0 saturated heterocycles. The molecule has 0 aliphatic carbocycles. The zero-order valence-corrected chi connectivity index (χ0v) is 8.79. The van der Waals surface area contributed by atoms with E-state index < -0.39 is 0 Å². The first-order chi connectivity index (χ1) is 5.16. The summed E-state index contributed by atoms with van der Waals surface area (Å²) in [6.45, 7) is 6.91. The van der Waals surface area contributed by atoms with Gasteiger partial charge in [0.15, 0.2) is 0 Å². The molecule has 0 bridgehead atoms. The molecule has 0 rings (SSSR count). The Morgan fingerprint density at radius 2 is 1.91 bits per heavy atom. The van der Waals surface area contributed by atoms with Gasteiger partial charge in [-0.25, -0.2) is 0 Å². The topological polar surface area (TPSA) is 26.0 Å². The number of rotatable bonds is 6. The second-order valence-electron chi connectivity index (χ2n) is 3.75. The Kier molecular flexibility index (Phi) is 7.18. The SMILES string of the molecule is CC(C)CC(C)CCCSN. The monoisotopic (exact) mass is 175 g/mol. The summed E-state index contributed by atoms with van der Waals surface area (Å²) in [5.41, 5.74) is 0. The summed E-state index contributed by atoms with van der Waals surface area (Å²) in [5.74, 6) is 2.83. The van der Waals surface area contributed by atoms with E-state index in [-0.39, 0.29) is 0 Å². The van der Waals surface area contributed by atoms with Gasteiger partial charge in [0.25, 0.3) is 0 Å². The van der Waals surface area contributed by atoms with Crippen LogP contribution in [0.4, 0.5) is 0 Å². The van der Waals surface area contributed by atoms with Crippen molar-refractivity contribution in [1.29, 1.82) is 0 Å². The Bertz CT molecular complexity index is 83.6. The van der Waals surface area contributed by atoms with Gasteiger partial charge in [-0.15, -0.1) is 0 Å². The maximum absolute atomic E-state index is 5.33. The van der Waals surface area contributed by atoms with Crippen molar-refractivity contribution in [3.05, 3.63) is 0 Å². The molecule has 0 radical (unpaired) electrons. The Hall–Kier alpha value is 0.310. The summed E-state index contributed by atoms with van der Waals surface area (Å²) in [4.78, 5) is 0. The molecule has 0 aliphatic heterocycles. The van der Waals surface area contributed by atoms with Crippen LogP contribution in [0, 0.1) is 11.8 Å². The van der Waals surface area contributed by atoms with Crippen LogP contribution in [0.1, 0.15) is 40.0 Å². The molecule has 68 valence electrons. The fourth-order valence-electron chi connectivity index (χ4n) is 1.44. The lowest BCUT2D eigenvalue weighted by Gasteiger charge is -2.12. The quantitative estimate of drug-likeness (QED) is 0.496. The molecule has 1 unspecified atom stereocenters. The maximum Gasteiger partial charge on any atom is 0.00765 e. The second-order valence-corrected chi connectivity index (χ2v) is 4.49. The van der Waals surface area contributed by atoms with E-state index in [4.69, 9.17) is 5.14 Å². The zero-order valence-electron chi connectivity index (χ0n) is 7.97. The molecule has 0 spiro atoms. The van der Waals surface area contributed by atoms with E-state index in [1.165, 1.54) is 31.2 Å². The fourth-order valence-corrected chi connectivity index (χ4v) is 1.77. The van der Waals surface area contributed by atoms with E-state index >= 15 is 0 Å². The molecule has 0 aromatic rings. The lowest BCUT2D eigenvalue weighted by atomic mass is 9.95. The highest BCUT2D eigenvalue weighted by Gasteiger charge is 2.03. The van der Waals surface area contributed by atoms with E-state index in [2.05, 4.69) is 20.8 Å². The van der Waals surface area contributed by atoms with Gasteiger partial charge in [-0.05, 0) is 31.1 Å². The molecule has 0 amide bonds. The van der Waals surface area contributed by atoms with Gasteiger partial charge in [0.1, 0.15) is 0 Å². The molecule has 0 fully saturated rings. The normalized spacial score (nSPS) is 13.9. The summed E-state index contributed by atoms with van der Waals surface area (Å²) >= 11 is 1.46. The Balaban J connectivity index is 3.15. The van der Waals surface area contributed by atoms with E-state index in [0.717, 1.165) is 17.6 Å². The van der Waals surface area contributed by atoms with Gasteiger partial charge in [0, 0.05) is 5.75 Å². The first kappa shape index (κ1) is 11.3. The second kappa shape index (κ2) is 6.99. The Morgan fingerprint density at radius 1 is 1.27 bits per heavy atom. The summed E-state index contributed by atoms with van der Waals surface area (Å²) in [6, 6.07) is 0. The average molecular weight is 175 g/mol. The van der Waals surface area contributed by atoms with Crippen molar-refractivity contribution in [2.45, 2.75) is 40.0 Å². The van der Waals surface area contributed by atoms with Crippen molar-refractivity contribution in [3.8, 4) is 0 Å². The van der Waals surface area contributed by atoms with Crippen molar-refractivity contribution < 1.29 is 0 Å². The molecular weight excluding hydrogens is 154 g/mol. The summed E-state index contributed by atoms with van der Waals surface area (Å²) < 4.78 is 0. The van der Waals surface area contributed by atoms with Crippen LogP contribution in [0.3, 0.4) is 0 Å². The minimum Gasteiger partial charge on any atom is -0.278 e. The third kappa shape index (κ3) is 8.21. The van der Waals surface area contributed by atoms with Gasteiger partial charge in [-0.3, -0.25) is 5.14 Å². The average Bonchev–Trinajstić information content (AvgIpc) is 1.86. The van der Waals surface area contributed by atoms with Gasteiger partial charge < -0.3 is 0 Å². The van der Waals surface area contributed by atoms with Crippen LogP contribution in [-0.4, -0.2) is 5.75 Å². The Morgan fingerprint density at radius 3 is 2.36 bits per heavy atom. The van der Waals surface area contributed by atoms with E-state index in [1.54, 1.807) is 0 Å². The largest absolute Gasteiger partial charge is 0.278 e. The molecule has 11 heavy (non-hydrogen) atoms. The van der Waals surface area contributed by atoms with Crippen LogP contribution in [0.5, 0.6) is 0 Å². The first-order valence-corrected chi connectivity index (χ1v) is 5.53. The molecule has 0 aliphatic rings. The highest BCUT2D eigenvalue weighted by molar-refractivity contribution is 7.97. The standard InChI is InChI=1S/C9H21NS/c1-8(2)7-9(3)5-4-6-11-10/h8-9H,4-7,10H2,1-3H3. The van der Waals surface area contributed by atoms with Crippen molar-refractivity contribution in [2.24, 2.45) is 17.0 Å². The summed E-state index contributed by atoms with van der Waals surface area (Å²) in [6.07, 6.45) is 3.96. The van der Waals surface area contributed by atoms with Crippen LogP contribution in [0.25, 0.3) is 0 Å². The smallest absolute Gasteiger partial charge is 0.00765 e. The van der Waals surface area contributed by atoms with Crippen LogP contribution in [-0.2, 0) is 0 Å². The van der Waals surface area contributed by atoms with E-state index in [9.17, 15) is 0 Å². The third-order valence-corrected chi connectivity index (χ3v) is 2.36. The number of hydrogen-bond acceptors (Lipinski definition) is 2. The van der Waals surface area contributed by atoms with E-state index in [1.807, 2.05) is 0 Å². The highest BCUT2D eigenvalue weighted by atomic mass is 32.2. The lowest BCUT2D eigenvalue weighted by Crippen LogP contribution is -2.00. The molecule has 1 nitrogen and oxygen atoms in total. The molecule has 2 heteroatoms. The minimum absolute atomic E-state index is 0.843. The number of nitrogens with two attached hydrogens (primary N) is 1. The van der Waals surface area contributed by atoms with Gasteiger partial charge in [0.2, 0.25) is 0 Å². The lowest BCUT2D eigenvalue weighted by molar-refractivity contribution is 0.413. The van der Waals surface area contributed by atoms with Crippen molar-refractivity contribution >= 4 is 11.9 Å². The van der Waals surface area contributed by atoms with E-state index in [0.29, 0.717) is 0 Å². The molecule has 2 N–H and O–H groups in total. The zero-order chi connectivity index (χ0) is 8.69. The predicted molar refractivity (Wildman–Crippen MR) is 54.5 cm³/mol. The first-order valence-electron chi connectivity index (χ1n) is 4.48. The Labute approximate surface area is 75.3 Å². The van der Waals surface area contributed by atoms with Crippen molar-refractivity contribution in [3.63, 3.8) is 0 Å². The third-order valence-electron chi connectivity index (χ3n) is 1.83. The molecule has 0 aromatic carbocycles. The molecule has 1 atom stereocenters. The summed E-state index contributed by atoms with van der Waals surface area (Å²) in [5, 5.41) is 5.33. The van der Waals surface area contributed by atoms with Crippen LogP contribution in [0.2, 0.25) is 0 Å². The highest BCUT2D eigenvalue weighted by Crippen LogP contribution is 2.16. The predicted octanol–water partition coefficient (Wildman–Crippen LogP) is 3.06. The number of hydrogen-bond donors (Lipinski definition) is 1. The summed E-state index contributed by atoms with van der Waals surface area (Å²) in [7, 11) is 0. The van der Waals surface area contributed by atoms with Crippen molar-refractivity contribution in [1.82, 2.24) is 0 Å². The minimum atomic E-state index is 0.843. The van der Waals surface area contributed by atoms with Crippen LogP contribution >= 0.6 is 11.9 Å². The maximum atomic E-state index is 5.33. The fraction of sp³-hybridized carbons (Fsp3) is 1.00. The van der Waals surface area contributed by atoms with Gasteiger partial charge >= 0.3 is 0 Å². The molecule has 0 aromatic heterocycles. The van der Waals surface area contributed by atoms with Crippen LogP contribution < -0.4 is 5.14 Å². The van der Waals surface area contributed by atoms with Gasteiger partial charge in [-0.2, -0.15) is 0 Å². The van der Waals surface area contributed by atoms with Crippen LogP contribution in [0.15, 0.2) is 0 Å². The van der Waals surface area contributed by atoms with Gasteiger partial charge in [-0.1, -0.05) is 32.7 Å². The van der Waals surface area contributed by atoms with Gasteiger partial charge in [0.05, 0.1) is 0 Å². The molecule has 0 saturated carbocycles. The molecular formula is C9H21NS. The van der Waals surface area contributed by atoms with Crippen molar-refractivity contribution in [2.75, 3.05) is 5.75 Å². The molecule has 0 heterocycles.